The summed E-state index contributed by atoms with van der Waals surface area (Å²) >= 11 is 6.10. The van der Waals surface area contributed by atoms with Crippen LogP contribution in [0.25, 0.3) is 10.8 Å². The monoisotopic (exact) mass is 372 g/mol. The Morgan fingerprint density at radius 2 is 1.46 bits per heavy atom. The lowest BCUT2D eigenvalue weighted by atomic mass is 10.1. The van der Waals surface area contributed by atoms with E-state index in [2.05, 4.69) is 0 Å². The maximum Gasteiger partial charge on any atom is 0.344 e. The minimum atomic E-state index is -0.954. The third-order valence-electron chi connectivity index (χ3n) is 3.59. The van der Waals surface area contributed by atoms with E-state index in [1.807, 2.05) is 0 Å². The molecule has 3 aromatic carbocycles. The molecular formula is C17H9ClN2O6. The number of non-ortho nitro benzene ring substituents is 2. The number of hydrogen-bond acceptors (Lipinski definition) is 6. The van der Waals surface area contributed by atoms with Crippen LogP contribution in [0.4, 0.5) is 11.4 Å². The second-order valence-corrected chi connectivity index (χ2v) is 5.64. The number of carbonyl (C=O) groups is 1. The number of nitro groups is 2. The summed E-state index contributed by atoms with van der Waals surface area (Å²) in [7, 11) is 0. The van der Waals surface area contributed by atoms with Crippen molar-refractivity contribution in [1.82, 2.24) is 0 Å². The summed E-state index contributed by atoms with van der Waals surface area (Å²) < 4.78 is 5.30. The van der Waals surface area contributed by atoms with Crippen molar-refractivity contribution in [2.24, 2.45) is 0 Å². The first kappa shape index (κ1) is 17.3. The molecule has 26 heavy (non-hydrogen) atoms. The first-order chi connectivity index (χ1) is 12.4. The van der Waals surface area contributed by atoms with Crippen LogP contribution in [0.1, 0.15) is 10.4 Å². The molecule has 0 heterocycles. The highest BCUT2D eigenvalue weighted by Gasteiger charge is 2.21. The zero-order valence-electron chi connectivity index (χ0n) is 12.9. The van der Waals surface area contributed by atoms with Gasteiger partial charge >= 0.3 is 5.97 Å². The zero-order valence-corrected chi connectivity index (χ0v) is 13.7. The lowest BCUT2D eigenvalue weighted by Crippen LogP contribution is -2.10. The quantitative estimate of drug-likeness (QED) is 0.288. The van der Waals surface area contributed by atoms with Crippen molar-refractivity contribution in [1.29, 1.82) is 0 Å². The van der Waals surface area contributed by atoms with Crippen LogP contribution in [-0.4, -0.2) is 15.8 Å². The molecule has 0 bridgehead atoms. The predicted molar refractivity (Wildman–Crippen MR) is 93.7 cm³/mol. The second-order valence-electron chi connectivity index (χ2n) is 5.23. The van der Waals surface area contributed by atoms with Crippen LogP contribution in [0.2, 0.25) is 5.02 Å². The van der Waals surface area contributed by atoms with E-state index in [4.69, 9.17) is 16.3 Å². The van der Waals surface area contributed by atoms with Crippen LogP contribution in [0.3, 0.4) is 0 Å². The molecular weight excluding hydrogens is 364 g/mol. The van der Waals surface area contributed by atoms with E-state index in [0.29, 0.717) is 15.8 Å². The van der Waals surface area contributed by atoms with E-state index in [-0.39, 0.29) is 11.3 Å². The van der Waals surface area contributed by atoms with Crippen LogP contribution in [0, 0.1) is 20.2 Å². The topological polar surface area (TPSA) is 113 Å². The van der Waals surface area contributed by atoms with Gasteiger partial charge in [0, 0.05) is 27.9 Å². The molecule has 9 heteroatoms. The molecule has 0 N–H and O–H groups in total. The average Bonchev–Trinajstić information content (AvgIpc) is 2.63. The van der Waals surface area contributed by atoms with Crippen molar-refractivity contribution in [3.63, 3.8) is 0 Å². The Labute approximate surface area is 150 Å². The van der Waals surface area contributed by atoms with Gasteiger partial charge in [-0.3, -0.25) is 20.2 Å². The Balaban J connectivity index is 2.02. The molecule has 8 nitrogen and oxygen atoms in total. The van der Waals surface area contributed by atoms with E-state index in [1.54, 1.807) is 30.3 Å². The lowest BCUT2D eigenvalue weighted by Gasteiger charge is -2.09. The van der Waals surface area contributed by atoms with Gasteiger partial charge in [0.2, 0.25) is 0 Å². The number of rotatable bonds is 4. The van der Waals surface area contributed by atoms with Crippen LogP contribution in [0.15, 0.2) is 54.6 Å². The van der Waals surface area contributed by atoms with Gasteiger partial charge in [0.1, 0.15) is 5.75 Å². The van der Waals surface area contributed by atoms with Crippen LogP contribution >= 0.6 is 11.6 Å². The zero-order chi connectivity index (χ0) is 18.8. The van der Waals surface area contributed by atoms with Crippen LogP contribution in [-0.2, 0) is 0 Å². The molecule has 0 saturated heterocycles. The molecule has 130 valence electrons. The van der Waals surface area contributed by atoms with Crippen molar-refractivity contribution in [3.05, 3.63) is 85.4 Å². The van der Waals surface area contributed by atoms with Gasteiger partial charge in [-0.25, -0.2) is 4.79 Å². The molecule has 0 atom stereocenters. The average molecular weight is 373 g/mol. The molecule has 0 unspecified atom stereocenters. The largest absolute Gasteiger partial charge is 0.422 e. The molecule has 0 aliphatic carbocycles. The fourth-order valence-corrected chi connectivity index (χ4v) is 2.63. The first-order valence-electron chi connectivity index (χ1n) is 7.20. The highest BCUT2D eigenvalue weighted by molar-refractivity contribution is 6.35. The minimum absolute atomic E-state index is 0.184. The van der Waals surface area contributed by atoms with Gasteiger partial charge in [0.15, 0.2) is 0 Å². The van der Waals surface area contributed by atoms with Gasteiger partial charge in [-0.15, -0.1) is 0 Å². The minimum Gasteiger partial charge on any atom is -0.422 e. The number of hydrogen-bond donors (Lipinski definition) is 0. The Kier molecular flexibility index (Phi) is 4.51. The molecule has 0 amide bonds. The van der Waals surface area contributed by atoms with E-state index in [0.717, 1.165) is 18.2 Å². The predicted octanol–water partition coefficient (Wildman–Crippen LogP) is 4.53. The summed E-state index contributed by atoms with van der Waals surface area (Å²) in [4.78, 5) is 32.6. The molecule has 3 rings (SSSR count). The van der Waals surface area contributed by atoms with Crippen molar-refractivity contribution in [2.75, 3.05) is 0 Å². The van der Waals surface area contributed by atoms with Gasteiger partial charge in [0.05, 0.1) is 21.5 Å². The number of nitro benzene ring substituents is 2. The van der Waals surface area contributed by atoms with Gasteiger partial charge in [-0.2, -0.15) is 0 Å². The van der Waals surface area contributed by atoms with Crippen molar-refractivity contribution in [2.45, 2.75) is 0 Å². The summed E-state index contributed by atoms with van der Waals surface area (Å²) in [5, 5.41) is 23.6. The van der Waals surface area contributed by atoms with Crippen molar-refractivity contribution in [3.8, 4) is 5.75 Å². The van der Waals surface area contributed by atoms with Gasteiger partial charge < -0.3 is 4.74 Å². The number of nitrogens with zero attached hydrogens (tertiary/aromatic N) is 2. The van der Waals surface area contributed by atoms with E-state index >= 15 is 0 Å². The van der Waals surface area contributed by atoms with Crippen LogP contribution < -0.4 is 4.74 Å². The lowest BCUT2D eigenvalue weighted by molar-refractivity contribution is -0.394. The number of halogens is 1. The molecule has 0 aliphatic rings. The van der Waals surface area contributed by atoms with Crippen molar-refractivity contribution < 1.29 is 19.4 Å². The molecule has 0 radical (unpaired) electrons. The number of ether oxygens (including phenoxy) is 1. The normalized spacial score (nSPS) is 10.5. The number of carbonyl (C=O) groups excluding carboxylic acids is 1. The Hall–Kier alpha value is -3.52. The fraction of sp³-hybridized carbons (Fsp3) is 0. The fourth-order valence-electron chi connectivity index (χ4n) is 2.41. The highest BCUT2D eigenvalue weighted by atomic mass is 35.5. The third-order valence-corrected chi connectivity index (χ3v) is 3.92. The second kappa shape index (κ2) is 6.77. The smallest absolute Gasteiger partial charge is 0.344 e. The maximum absolute atomic E-state index is 12.4. The van der Waals surface area contributed by atoms with Crippen molar-refractivity contribution >= 4 is 39.7 Å². The Morgan fingerprint density at radius 3 is 2.04 bits per heavy atom. The van der Waals surface area contributed by atoms with Gasteiger partial charge in [0.25, 0.3) is 11.4 Å². The third kappa shape index (κ3) is 3.31. The Morgan fingerprint density at radius 1 is 0.885 bits per heavy atom. The van der Waals surface area contributed by atoms with Gasteiger partial charge in [-0.1, -0.05) is 35.9 Å². The molecule has 0 aliphatic heterocycles. The molecule has 0 spiro atoms. The molecule has 0 aromatic heterocycles. The summed E-state index contributed by atoms with van der Waals surface area (Å²) in [5.41, 5.74) is -1.45. The first-order valence-corrected chi connectivity index (χ1v) is 7.58. The van der Waals surface area contributed by atoms with E-state index in [1.165, 1.54) is 6.07 Å². The van der Waals surface area contributed by atoms with E-state index < -0.39 is 27.2 Å². The summed E-state index contributed by atoms with van der Waals surface area (Å²) in [5.74, 6) is -0.770. The SMILES string of the molecule is O=C(Oc1ccc(Cl)c2ccccc12)c1cc([N+](=O)[O-])cc([N+](=O)[O-])c1. The molecule has 3 aromatic rings. The summed E-state index contributed by atoms with van der Waals surface area (Å²) in [6.45, 7) is 0. The molecule has 0 saturated carbocycles. The summed E-state index contributed by atoms with van der Waals surface area (Å²) in [6.07, 6.45) is 0. The number of benzene rings is 3. The highest BCUT2D eigenvalue weighted by Crippen LogP contribution is 2.32. The van der Waals surface area contributed by atoms with Gasteiger partial charge in [-0.05, 0) is 12.1 Å². The van der Waals surface area contributed by atoms with E-state index in [9.17, 15) is 25.0 Å². The standard InChI is InChI=1S/C17H9ClN2O6/c18-15-5-6-16(14-4-2-1-3-13(14)15)26-17(21)10-7-11(19(22)23)9-12(8-10)20(24)25/h1-9H. The number of esters is 1. The maximum atomic E-state index is 12.4. The Bertz CT molecular complexity index is 1030. The summed E-state index contributed by atoms with van der Waals surface area (Å²) in [6, 6.07) is 12.6. The van der Waals surface area contributed by atoms with Crippen LogP contribution in [0.5, 0.6) is 5.75 Å². The molecule has 0 fully saturated rings. The number of fused-ring (bicyclic) bond motifs is 1.